The molecule has 18 heavy (non-hydrogen) atoms. The van der Waals surface area contributed by atoms with Gasteiger partial charge in [0.1, 0.15) is 5.76 Å². The van der Waals surface area contributed by atoms with Crippen LogP contribution in [0.2, 0.25) is 0 Å². The molecule has 1 aliphatic carbocycles. The van der Waals surface area contributed by atoms with E-state index in [1.54, 1.807) is 6.26 Å². The minimum Gasteiger partial charge on any atom is -0.464 e. The summed E-state index contributed by atoms with van der Waals surface area (Å²) in [5, 5.41) is 2.62. The second-order valence-corrected chi connectivity index (χ2v) is 4.70. The Morgan fingerprint density at radius 2 is 1.89 bits per heavy atom. The first kappa shape index (κ1) is 8.59. The van der Waals surface area contributed by atoms with Gasteiger partial charge < -0.3 is 8.82 Å². The van der Waals surface area contributed by atoms with Crippen LogP contribution in [0.25, 0.3) is 38.9 Å². The van der Waals surface area contributed by atoms with Crippen molar-refractivity contribution >= 4 is 16.3 Å². The Bertz CT molecular complexity index is 927. The van der Waals surface area contributed by atoms with Crippen LogP contribution in [0.3, 0.4) is 0 Å². The third-order valence-electron chi connectivity index (χ3n) is 3.84. The lowest BCUT2D eigenvalue weighted by Crippen LogP contribution is -1.84. The molecule has 4 aromatic rings. The van der Waals surface area contributed by atoms with Gasteiger partial charge >= 0.3 is 0 Å². The van der Waals surface area contributed by atoms with E-state index in [0.717, 1.165) is 5.76 Å². The van der Waals surface area contributed by atoms with E-state index in [9.17, 15) is 0 Å². The Kier molecular flexibility index (Phi) is 1.27. The van der Waals surface area contributed by atoms with Crippen LogP contribution in [-0.2, 0) is 0 Å². The van der Waals surface area contributed by atoms with E-state index in [4.69, 9.17) is 4.42 Å². The zero-order valence-electron chi connectivity index (χ0n) is 9.55. The Morgan fingerprint density at radius 1 is 0.889 bits per heavy atom. The fraction of sp³-hybridized carbons (Fsp3) is 0. The van der Waals surface area contributed by atoms with Gasteiger partial charge in [-0.05, 0) is 18.2 Å². The maximum atomic E-state index is 5.64. The van der Waals surface area contributed by atoms with E-state index in [0.29, 0.717) is 0 Å². The molecule has 0 radical (unpaired) electrons. The van der Waals surface area contributed by atoms with Crippen molar-refractivity contribution in [2.75, 3.05) is 0 Å². The van der Waals surface area contributed by atoms with Crippen LogP contribution in [0.1, 0.15) is 0 Å². The number of furan rings is 1. The Labute approximate surface area is 103 Å². The molecule has 3 aromatic heterocycles. The summed E-state index contributed by atoms with van der Waals surface area (Å²) in [7, 11) is 0. The number of aromatic nitrogens is 1. The van der Waals surface area contributed by atoms with Crippen LogP contribution in [0.15, 0.2) is 59.3 Å². The molecule has 0 saturated heterocycles. The first-order valence-corrected chi connectivity index (χ1v) is 6.05. The third kappa shape index (κ3) is 0.768. The molecule has 2 heteroatoms. The van der Waals surface area contributed by atoms with E-state index in [-0.39, 0.29) is 0 Å². The lowest BCUT2D eigenvalue weighted by molar-refractivity contribution is 0.584. The topological polar surface area (TPSA) is 17.6 Å². The molecule has 0 bridgehead atoms. The quantitative estimate of drug-likeness (QED) is 0.387. The van der Waals surface area contributed by atoms with Crippen LogP contribution in [0.5, 0.6) is 0 Å². The largest absolute Gasteiger partial charge is 0.464 e. The molecule has 0 amide bonds. The van der Waals surface area contributed by atoms with Gasteiger partial charge in [0.25, 0.3) is 0 Å². The molecular weight excluding hydrogens is 222 g/mol. The molecule has 0 aliphatic heterocycles. The van der Waals surface area contributed by atoms with Gasteiger partial charge in [0.15, 0.2) is 0 Å². The van der Waals surface area contributed by atoms with Gasteiger partial charge in [-0.25, -0.2) is 0 Å². The first-order valence-electron chi connectivity index (χ1n) is 6.05. The monoisotopic (exact) mass is 231 g/mol. The second-order valence-electron chi connectivity index (χ2n) is 4.70. The second kappa shape index (κ2) is 2.67. The molecule has 0 unspecified atom stereocenters. The summed E-state index contributed by atoms with van der Waals surface area (Å²) >= 11 is 0. The number of fused-ring (bicyclic) bond motifs is 6. The zero-order valence-corrected chi connectivity index (χ0v) is 9.55. The van der Waals surface area contributed by atoms with Gasteiger partial charge in [0, 0.05) is 28.1 Å². The number of pyridine rings is 1. The molecule has 1 aromatic carbocycles. The highest BCUT2D eigenvalue weighted by Gasteiger charge is 2.27. The normalized spacial score (nSPS) is 12.4. The predicted molar refractivity (Wildman–Crippen MR) is 71.6 cm³/mol. The molecule has 1 aliphatic rings. The zero-order chi connectivity index (χ0) is 11.7. The highest BCUT2D eigenvalue weighted by Crippen LogP contribution is 2.49. The minimum absolute atomic E-state index is 1.00. The summed E-state index contributed by atoms with van der Waals surface area (Å²) in [4.78, 5) is 0. The van der Waals surface area contributed by atoms with Crippen molar-refractivity contribution in [3.05, 3.63) is 54.9 Å². The molecule has 5 rings (SSSR count). The molecule has 2 nitrogen and oxygen atoms in total. The molecule has 3 heterocycles. The van der Waals surface area contributed by atoms with Crippen LogP contribution < -0.4 is 0 Å². The summed E-state index contributed by atoms with van der Waals surface area (Å²) in [6.07, 6.45) is 3.89. The van der Waals surface area contributed by atoms with Gasteiger partial charge in [-0.3, -0.25) is 0 Å². The average molecular weight is 231 g/mol. The van der Waals surface area contributed by atoms with E-state index < -0.39 is 0 Å². The standard InChI is InChI=1S/C16H9NO/c1-2-8-17-13(6-1)10-4-3-5-11-14(10)15(17)12-7-9-18-16(11)12/h1-9H. The maximum absolute atomic E-state index is 5.64. The molecule has 84 valence electrons. The van der Waals surface area contributed by atoms with Crippen molar-refractivity contribution in [3.8, 4) is 22.6 Å². The van der Waals surface area contributed by atoms with Gasteiger partial charge in [-0.2, -0.15) is 0 Å². The van der Waals surface area contributed by atoms with Gasteiger partial charge in [-0.15, -0.1) is 0 Å². The van der Waals surface area contributed by atoms with Crippen molar-refractivity contribution in [1.29, 1.82) is 0 Å². The summed E-state index contributed by atoms with van der Waals surface area (Å²) in [5.74, 6) is 1.00. The van der Waals surface area contributed by atoms with Crippen molar-refractivity contribution in [2.24, 2.45) is 0 Å². The van der Waals surface area contributed by atoms with Crippen molar-refractivity contribution in [2.45, 2.75) is 0 Å². The fourth-order valence-corrected chi connectivity index (χ4v) is 3.16. The summed E-state index contributed by atoms with van der Waals surface area (Å²) in [6, 6.07) is 14.8. The molecule has 0 saturated carbocycles. The Hall–Kier alpha value is -2.48. The number of benzene rings is 1. The van der Waals surface area contributed by atoms with Crippen LogP contribution in [0, 0.1) is 0 Å². The Morgan fingerprint density at radius 3 is 2.89 bits per heavy atom. The minimum atomic E-state index is 1.00. The fourth-order valence-electron chi connectivity index (χ4n) is 3.16. The smallest absolute Gasteiger partial charge is 0.143 e. The lowest BCUT2D eigenvalue weighted by Gasteiger charge is -1.99. The van der Waals surface area contributed by atoms with Gasteiger partial charge in [-0.1, -0.05) is 24.3 Å². The predicted octanol–water partition coefficient (Wildman–Crippen LogP) is 4.33. The first-order chi connectivity index (χ1) is 8.95. The van der Waals surface area contributed by atoms with E-state index in [2.05, 4.69) is 53.1 Å². The highest BCUT2D eigenvalue weighted by molar-refractivity contribution is 6.18. The molecule has 0 N–H and O–H groups in total. The van der Waals surface area contributed by atoms with Crippen LogP contribution in [0.4, 0.5) is 0 Å². The SMILES string of the molecule is c1cc2c3c(n4ccccc4c3c1)-c1ccoc1-2. The molecule has 0 spiro atoms. The van der Waals surface area contributed by atoms with Crippen LogP contribution >= 0.6 is 0 Å². The van der Waals surface area contributed by atoms with Crippen molar-refractivity contribution in [3.63, 3.8) is 0 Å². The van der Waals surface area contributed by atoms with E-state index >= 15 is 0 Å². The molecule has 0 fully saturated rings. The molecular formula is C16H9NO. The van der Waals surface area contributed by atoms with Crippen LogP contribution in [-0.4, -0.2) is 4.40 Å². The van der Waals surface area contributed by atoms with Crippen molar-refractivity contribution < 1.29 is 4.42 Å². The van der Waals surface area contributed by atoms with Gasteiger partial charge in [0.2, 0.25) is 0 Å². The van der Waals surface area contributed by atoms with E-state index in [1.165, 1.54) is 33.1 Å². The van der Waals surface area contributed by atoms with E-state index in [1.807, 2.05) is 0 Å². The average Bonchev–Trinajstić information content (AvgIpc) is 3.06. The summed E-state index contributed by atoms with van der Waals surface area (Å²) < 4.78 is 7.90. The number of rotatable bonds is 0. The maximum Gasteiger partial charge on any atom is 0.143 e. The molecule has 0 atom stereocenters. The third-order valence-corrected chi connectivity index (χ3v) is 3.84. The lowest BCUT2D eigenvalue weighted by atomic mass is 10.1. The highest BCUT2D eigenvalue weighted by atomic mass is 16.3. The number of nitrogens with zero attached hydrogens (tertiary/aromatic N) is 1. The Balaban J connectivity index is 2.20. The summed E-state index contributed by atoms with van der Waals surface area (Å²) in [5.41, 5.74) is 4.94. The number of hydrogen-bond acceptors (Lipinski definition) is 1. The van der Waals surface area contributed by atoms with Gasteiger partial charge in [0.05, 0.1) is 17.5 Å². The van der Waals surface area contributed by atoms with Crippen molar-refractivity contribution in [1.82, 2.24) is 4.40 Å². The number of hydrogen-bond donors (Lipinski definition) is 0. The summed E-state index contributed by atoms with van der Waals surface area (Å²) in [6.45, 7) is 0.